The minimum Gasteiger partial charge on any atom is -0.494 e. The zero-order valence-electron chi connectivity index (χ0n) is 9.92. The number of nitrogens with zero attached hydrogens (tertiary/aromatic N) is 1. The summed E-state index contributed by atoms with van der Waals surface area (Å²) >= 11 is 0. The van der Waals surface area contributed by atoms with Gasteiger partial charge in [-0.15, -0.1) is 0 Å². The first kappa shape index (κ1) is 12.2. The first-order chi connectivity index (χ1) is 8.70. The van der Waals surface area contributed by atoms with Crippen molar-refractivity contribution in [3.05, 3.63) is 36.4 Å². The Morgan fingerprint density at radius 3 is 2.72 bits per heavy atom. The van der Waals surface area contributed by atoms with Crippen LogP contribution in [0.15, 0.2) is 35.1 Å². The molecular weight excluding hydrogens is 234 g/mol. The fourth-order valence-electron chi connectivity index (χ4n) is 1.64. The predicted molar refractivity (Wildman–Crippen MR) is 64.4 cm³/mol. The van der Waals surface area contributed by atoms with E-state index >= 15 is 0 Å². The normalized spacial score (nSPS) is 10.3. The molecule has 0 radical (unpaired) electrons. The highest BCUT2D eigenvalue weighted by Crippen LogP contribution is 2.24. The number of ether oxygens (including phenoxy) is 1. The van der Waals surface area contributed by atoms with E-state index in [-0.39, 0.29) is 6.42 Å². The van der Waals surface area contributed by atoms with Crippen LogP contribution in [0.25, 0.3) is 11.3 Å². The van der Waals surface area contributed by atoms with E-state index < -0.39 is 5.97 Å². The number of hydrogen-bond donors (Lipinski definition) is 1. The number of oxazole rings is 1. The van der Waals surface area contributed by atoms with Gasteiger partial charge in [-0.25, -0.2) is 4.98 Å². The number of carboxylic acid groups (broad SMARTS) is 1. The zero-order valence-corrected chi connectivity index (χ0v) is 9.92. The van der Waals surface area contributed by atoms with E-state index in [0.717, 1.165) is 11.3 Å². The Morgan fingerprint density at radius 2 is 2.11 bits per heavy atom. The molecule has 0 saturated heterocycles. The summed E-state index contributed by atoms with van der Waals surface area (Å²) in [6.07, 6.45) is 1.08. The van der Waals surface area contributed by atoms with Gasteiger partial charge in [0.05, 0.1) is 6.61 Å². The molecule has 1 aromatic carbocycles. The van der Waals surface area contributed by atoms with Gasteiger partial charge in [0.2, 0.25) is 0 Å². The maximum absolute atomic E-state index is 10.7. The maximum atomic E-state index is 10.7. The van der Waals surface area contributed by atoms with Crippen LogP contribution in [0.2, 0.25) is 0 Å². The van der Waals surface area contributed by atoms with E-state index in [2.05, 4.69) is 4.98 Å². The van der Waals surface area contributed by atoms with Crippen LogP contribution in [0.4, 0.5) is 0 Å². The van der Waals surface area contributed by atoms with Gasteiger partial charge in [0, 0.05) is 5.56 Å². The average Bonchev–Trinajstić information content (AvgIpc) is 2.78. The van der Waals surface area contributed by atoms with Gasteiger partial charge in [0.1, 0.15) is 23.6 Å². The fourth-order valence-corrected chi connectivity index (χ4v) is 1.64. The summed E-state index contributed by atoms with van der Waals surface area (Å²) in [5.41, 5.74) is 1.36. The van der Waals surface area contributed by atoms with E-state index in [9.17, 15) is 4.79 Å². The number of benzene rings is 1. The Morgan fingerprint density at radius 1 is 1.39 bits per heavy atom. The molecule has 0 bridgehead atoms. The number of carboxylic acids is 1. The standard InChI is InChI=1S/C13H13NO4/c1-2-17-10-5-3-9(4-6-10)13-11(7-12(15)16)18-8-14-13/h3-6,8H,2,7H2,1H3,(H,15,16). The first-order valence-electron chi connectivity index (χ1n) is 5.58. The Kier molecular flexibility index (Phi) is 3.62. The lowest BCUT2D eigenvalue weighted by Gasteiger charge is -2.04. The van der Waals surface area contributed by atoms with Crippen molar-refractivity contribution in [3.63, 3.8) is 0 Å². The first-order valence-corrected chi connectivity index (χ1v) is 5.58. The minimum absolute atomic E-state index is 0.178. The summed E-state index contributed by atoms with van der Waals surface area (Å²) in [6.45, 7) is 2.52. The lowest BCUT2D eigenvalue weighted by atomic mass is 10.1. The van der Waals surface area contributed by atoms with Gasteiger partial charge >= 0.3 is 5.97 Å². The van der Waals surface area contributed by atoms with Crippen LogP contribution in [-0.4, -0.2) is 22.7 Å². The number of aliphatic carboxylic acids is 1. The molecular formula is C13H13NO4. The maximum Gasteiger partial charge on any atom is 0.311 e. The van der Waals surface area contributed by atoms with Crippen molar-refractivity contribution in [1.82, 2.24) is 4.98 Å². The summed E-state index contributed by atoms with van der Waals surface area (Å²) in [5.74, 6) is 0.176. The van der Waals surface area contributed by atoms with Crippen LogP contribution >= 0.6 is 0 Å². The molecule has 0 aliphatic carbocycles. The molecule has 0 fully saturated rings. The smallest absolute Gasteiger partial charge is 0.311 e. The molecule has 2 rings (SSSR count). The summed E-state index contributed by atoms with van der Waals surface area (Å²) < 4.78 is 10.4. The summed E-state index contributed by atoms with van der Waals surface area (Å²) in [5, 5.41) is 8.76. The van der Waals surface area contributed by atoms with Crippen LogP contribution < -0.4 is 4.74 Å². The van der Waals surface area contributed by atoms with E-state index in [1.807, 2.05) is 31.2 Å². The van der Waals surface area contributed by atoms with Crippen molar-refractivity contribution >= 4 is 5.97 Å². The molecule has 0 atom stereocenters. The van der Waals surface area contributed by atoms with Gasteiger partial charge in [-0.2, -0.15) is 0 Å². The van der Waals surface area contributed by atoms with E-state index in [1.165, 1.54) is 6.39 Å². The molecule has 18 heavy (non-hydrogen) atoms. The van der Waals surface area contributed by atoms with Gasteiger partial charge in [0.25, 0.3) is 0 Å². The second kappa shape index (κ2) is 5.35. The average molecular weight is 247 g/mol. The van der Waals surface area contributed by atoms with Crippen molar-refractivity contribution in [2.24, 2.45) is 0 Å². The Labute approximate surface area is 104 Å². The number of rotatable bonds is 5. The molecule has 0 aliphatic rings. The third-order valence-corrected chi connectivity index (χ3v) is 2.39. The molecule has 5 nitrogen and oxygen atoms in total. The van der Waals surface area contributed by atoms with E-state index in [1.54, 1.807) is 0 Å². The highest BCUT2D eigenvalue weighted by Gasteiger charge is 2.13. The summed E-state index contributed by atoms with van der Waals surface area (Å²) in [4.78, 5) is 14.7. The Bertz CT molecular complexity index is 530. The third kappa shape index (κ3) is 2.68. The third-order valence-electron chi connectivity index (χ3n) is 2.39. The zero-order chi connectivity index (χ0) is 13.0. The van der Waals surface area contributed by atoms with Gasteiger partial charge in [0.15, 0.2) is 6.39 Å². The van der Waals surface area contributed by atoms with Gasteiger partial charge in [-0.05, 0) is 31.2 Å². The minimum atomic E-state index is -0.945. The number of hydrogen-bond acceptors (Lipinski definition) is 4. The van der Waals surface area contributed by atoms with Crippen LogP contribution in [-0.2, 0) is 11.2 Å². The van der Waals surface area contributed by atoms with Crippen LogP contribution in [0.1, 0.15) is 12.7 Å². The van der Waals surface area contributed by atoms with Crippen molar-refractivity contribution < 1.29 is 19.1 Å². The Balaban J connectivity index is 2.25. The van der Waals surface area contributed by atoms with Gasteiger partial charge < -0.3 is 14.3 Å². The van der Waals surface area contributed by atoms with Crippen molar-refractivity contribution in [2.45, 2.75) is 13.3 Å². The molecule has 0 amide bonds. The molecule has 94 valence electrons. The fraction of sp³-hybridized carbons (Fsp3) is 0.231. The molecule has 1 aromatic heterocycles. The molecule has 0 saturated carbocycles. The van der Waals surface area contributed by atoms with Crippen LogP contribution in [0.3, 0.4) is 0 Å². The topological polar surface area (TPSA) is 72.6 Å². The lowest BCUT2D eigenvalue weighted by Crippen LogP contribution is -2.00. The number of aromatic nitrogens is 1. The van der Waals surface area contributed by atoms with Crippen molar-refractivity contribution in [2.75, 3.05) is 6.61 Å². The SMILES string of the molecule is CCOc1ccc(-c2ncoc2CC(=O)O)cc1. The van der Waals surface area contributed by atoms with Gasteiger partial charge in [-0.1, -0.05) is 0 Å². The summed E-state index contributed by atoms with van der Waals surface area (Å²) in [7, 11) is 0. The molecule has 1 heterocycles. The summed E-state index contributed by atoms with van der Waals surface area (Å²) in [6, 6.07) is 7.29. The second-order valence-electron chi connectivity index (χ2n) is 3.65. The highest BCUT2D eigenvalue weighted by atomic mass is 16.5. The molecule has 5 heteroatoms. The van der Waals surface area contributed by atoms with Crippen molar-refractivity contribution in [1.29, 1.82) is 0 Å². The second-order valence-corrected chi connectivity index (χ2v) is 3.65. The van der Waals surface area contributed by atoms with Crippen LogP contribution in [0, 0.1) is 0 Å². The number of carbonyl (C=O) groups is 1. The molecule has 2 aromatic rings. The largest absolute Gasteiger partial charge is 0.494 e. The van der Waals surface area contributed by atoms with Crippen molar-refractivity contribution in [3.8, 4) is 17.0 Å². The molecule has 0 unspecified atom stereocenters. The molecule has 1 N–H and O–H groups in total. The molecule has 0 aliphatic heterocycles. The van der Waals surface area contributed by atoms with E-state index in [0.29, 0.717) is 18.1 Å². The predicted octanol–water partition coefficient (Wildman–Crippen LogP) is 2.37. The van der Waals surface area contributed by atoms with Gasteiger partial charge in [-0.3, -0.25) is 4.79 Å². The molecule has 0 spiro atoms. The van der Waals surface area contributed by atoms with Crippen LogP contribution in [0.5, 0.6) is 5.75 Å². The Hall–Kier alpha value is -2.30. The highest BCUT2D eigenvalue weighted by molar-refractivity contribution is 5.73. The monoisotopic (exact) mass is 247 g/mol. The lowest BCUT2D eigenvalue weighted by molar-refractivity contribution is -0.136. The van der Waals surface area contributed by atoms with E-state index in [4.69, 9.17) is 14.3 Å². The quantitative estimate of drug-likeness (QED) is 0.878.